The van der Waals surface area contributed by atoms with Gasteiger partial charge in [0.25, 0.3) is 5.91 Å². The van der Waals surface area contributed by atoms with Crippen LogP contribution in [0.1, 0.15) is 56.8 Å². The van der Waals surface area contributed by atoms with E-state index < -0.39 is 11.6 Å². The number of piperidine rings is 1. The van der Waals surface area contributed by atoms with Crippen molar-refractivity contribution in [2.45, 2.75) is 64.6 Å². The molecule has 9 nitrogen and oxygen atoms in total. The van der Waals surface area contributed by atoms with Crippen LogP contribution in [0.5, 0.6) is 0 Å². The highest BCUT2D eigenvalue weighted by molar-refractivity contribution is 5.98. The number of nitrogens with zero attached hydrogens (tertiary/aromatic N) is 6. The van der Waals surface area contributed by atoms with Crippen LogP contribution in [0.2, 0.25) is 0 Å². The number of hydrogen-bond donors (Lipinski definition) is 1. The van der Waals surface area contributed by atoms with Crippen LogP contribution in [0.25, 0.3) is 33.6 Å². The third kappa shape index (κ3) is 4.64. The Bertz CT molecular complexity index is 1570. The molecule has 4 aromatic rings. The number of imidazole rings is 1. The Morgan fingerprint density at radius 3 is 2.64 bits per heavy atom. The maximum absolute atomic E-state index is 13.6. The number of aryl methyl sites for hydroxylation is 1. The summed E-state index contributed by atoms with van der Waals surface area (Å²) in [5.41, 5.74) is 3.78. The molecule has 1 aliphatic carbocycles. The fraction of sp³-hybridized carbons (Fsp3) is 0.467. The molecule has 1 N–H and O–H groups in total. The molecule has 1 aliphatic heterocycles. The predicted molar refractivity (Wildman–Crippen MR) is 151 cm³/mol. The minimum absolute atomic E-state index is 0.0832. The maximum Gasteiger partial charge on any atom is 0.408 e. The highest BCUT2D eigenvalue weighted by Crippen LogP contribution is 2.36. The lowest BCUT2D eigenvalue weighted by atomic mass is 9.97. The molecule has 1 saturated heterocycles. The van der Waals surface area contributed by atoms with Gasteiger partial charge in [0.2, 0.25) is 0 Å². The van der Waals surface area contributed by atoms with Gasteiger partial charge >= 0.3 is 6.09 Å². The van der Waals surface area contributed by atoms with E-state index in [4.69, 9.17) is 4.98 Å². The summed E-state index contributed by atoms with van der Waals surface area (Å²) in [5.74, 6) is 1.46. The van der Waals surface area contributed by atoms with Crippen LogP contribution in [0, 0.1) is 5.92 Å². The molecule has 1 atom stereocenters. The molecule has 0 spiro atoms. The number of aromatic nitrogens is 4. The Hall–Kier alpha value is -3.88. The van der Waals surface area contributed by atoms with Crippen molar-refractivity contribution >= 4 is 34.1 Å². The summed E-state index contributed by atoms with van der Waals surface area (Å²) in [4.78, 5) is 38.6. The molecule has 9 heteroatoms. The quantitative estimate of drug-likeness (QED) is 0.375. The molecule has 1 saturated carbocycles. The lowest BCUT2D eigenvalue weighted by Crippen LogP contribution is -2.57. The maximum atomic E-state index is 13.6. The van der Waals surface area contributed by atoms with Crippen LogP contribution in [0.15, 0.2) is 42.6 Å². The molecule has 204 valence electrons. The van der Waals surface area contributed by atoms with Gasteiger partial charge in [-0.1, -0.05) is 0 Å². The molecule has 1 aromatic carbocycles. The van der Waals surface area contributed by atoms with E-state index in [0.717, 1.165) is 53.0 Å². The number of carbonyl (C=O) groups excluding carboxylic acids is 1. The average Bonchev–Trinajstić information content (AvgIpc) is 3.56. The van der Waals surface area contributed by atoms with Crippen LogP contribution in [0.3, 0.4) is 0 Å². The standard InChI is InChI=1S/C30H36N6O3/c1-30(2,3)36(29(38)39)22-8-6-14-34(18-22)28(37)21-11-12-24-23(15-21)32-27(33(24)4)25-16-20-7-5-13-31-26(20)35(25)17-19-9-10-19/h5,7,11-13,15-16,19,22H,6,8-10,14,17-18H2,1-4H3,(H,38,39). The van der Waals surface area contributed by atoms with Crippen molar-refractivity contribution in [3.05, 3.63) is 48.2 Å². The van der Waals surface area contributed by atoms with Crippen LogP contribution >= 0.6 is 0 Å². The van der Waals surface area contributed by atoms with E-state index in [9.17, 15) is 14.7 Å². The first-order valence-electron chi connectivity index (χ1n) is 13.8. The summed E-state index contributed by atoms with van der Waals surface area (Å²) < 4.78 is 4.38. The zero-order chi connectivity index (χ0) is 27.5. The van der Waals surface area contributed by atoms with Crippen LogP contribution in [0.4, 0.5) is 4.79 Å². The summed E-state index contributed by atoms with van der Waals surface area (Å²) in [6.45, 7) is 7.63. The first kappa shape index (κ1) is 25.4. The van der Waals surface area contributed by atoms with E-state index in [0.29, 0.717) is 24.6 Å². The van der Waals surface area contributed by atoms with Gasteiger partial charge in [0, 0.05) is 49.4 Å². The van der Waals surface area contributed by atoms with E-state index in [1.54, 1.807) is 4.90 Å². The van der Waals surface area contributed by atoms with E-state index in [1.807, 2.05) is 58.3 Å². The topological polar surface area (TPSA) is 96.5 Å². The van der Waals surface area contributed by atoms with Crippen molar-refractivity contribution in [3.8, 4) is 11.5 Å². The number of hydrogen-bond acceptors (Lipinski definition) is 4. The lowest BCUT2D eigenvalue weighted by Gasteiger charge is -2.44. The zero-order valence-electron chi connectivity index (χ0n) is 23.1. The van der Waals surface area contributed by atoms with Gasteiger partial charge in [-0.25, -0.2) is 14.8 Å². The third-order valence-corrected chi connectivity index (χ3v) is 8.13. The lowest BCUT2D eigenvalue weighted by molar-refractivity contribution is 0.0315. The highest BCUT2D eigenvalue weighted by Gasteiger charge is 2.37. The first-order valence-corrected chi connectivity index (χ1v) is 13.8. The summed E-state index contributed by atoms with van der Waals surface area (Å²) in [5, 5.41) is 11.0. The molecule has 4 heterocycles. The van der Waals surface area contributed by atoms with Crippen molar-refractivity contribution in [2.24, 2.45) is 13.0 Å². The Morgan fingerprint density at radius 2 is 1.92 bits per heavy atom. The molecular weight excluding hydrogens is 492 g/mol. The number of carboxylic acid groups (broad SMARTS) is 1. The fourth-order valence-corrected chi connectivity index (χ4v) is 6.10. The second-order valence-corrected chi connectivity index (χ2v) is 12.1. The van der Waals surface area contributed by atoms with Crippen LogP contribution in [-0.2, 0) is 13.6 Å². The monoisotopic (exact) mass is 528 g/mol. The van der Waals surface area contributed by atoms with E-state index in [-0.39, 0.29) is 11.9 Å². The first-order chi connectivity index (χ1) is 18.6. The molecule has 2 amide bonds. The van der Waals surface area contributed by atoms with E-state index >= 15 is 0 Å². The predicted octanol–water partition coefficient (Wildman–Crippen LogP) is 5.38. The minimum atomic E-state index is -0.946. The molecular formula is C30H36N6O3. The van der Waals surface area contributed by atoms with Gasteiger partial charge in [-0.3, -0.25) is 9.69 Å². The van der Waals surface area contributed by atoms with Crippen molar-refractivity contribution in [1.82, 2.24) is 28.9 Å². The van der Waals surface area contributed by atoms with Gasteiger partial charge in [-0.2, -0.15) is 0 Å². The fourth-order valence-electron chi connectivity index (χ4n) is 6.10. The number of pyridine rings is 1. The summed E-state index contributed by atoms with van der Waals surface area (Å²) in [7, 11) is 2.01. The third-order valence-electron chi connectivity index (χ3n) is 8.13. The zero-order valence-corrected chi connectivity index (χ0v) is 23.1. The second-order valence-electron chi connectivity index (χ2n) is 12.1. The molecule has 0 radical (unpaired) electrons. The van der Waals surface area contributed by atoms with Crippen molar-refractivity contribution < 1.29 is 14.7 Å². The molecule has 6 rings (SSSR count). The average molecular weight is 529 g/mol. The molecule has 2 aliphatic rings. The van der Waals surface area contributed by atoms with Gasteiger partial charge in [0.1, 0.15) is 5.65 Å². The number of fused-ring (bicyclic) bond motifs is 2. The minimum Gasteiger partial charge on any atom is -0.465 e. The number of amides is 2. The number of rotatable bonds is 5. The summed E-state index contributed by atoms with van der Waals surface area (Å²) >= 11 is 0. The van der Waals surface area contributed by atoms with Gasteiger partial charge in [-0.05, 0) is 88.8 Å². The Kier molecular flexibility index (Phi) is 6.12. The molecule has 1 unspecified atom stereocenters. The molecule has 0 bridgehead atoms. The van der Waals surface area contributed by atoms with E-state index in [1.165, 1.54) is 17.7 Å². The number of benzene rings is 1. The van der Waals surface area contributed by atoms with Crippen molar-refractivity contribution in [2.75, 3.05) is 13.1 Å². The smallest absolute Gasteiger partial charge is 0.408 e. The van der Waals surface area contributed by atoms with Crippen LogP contribution < -0.4 is 0 Å². The van der Waals surface area contributed by atoms with Gasteiger partial charge < -0.3 is 19.1 Å². The van der Waals surface area contributed by atoms with Gasteiger partial charge in [-0.15, -0.1) is 0 Å². The Balaban J connectivity index is 1.32. The summed E-state index contributed by atoms with van der Waals surface area (Å²) in [6.07, 6.45) is 4.91. The Morgan fingerprint density at radius 1 is 1.13 bits per heavy atom. The Labute approximate surface area is 228 Å². The molecule has 3 aromatic heterocycles. The van der Waals surface area contributed by atoms with Gasteiger partial charge in [0.15, 0.2) is 5.82 Å². The molecule has 2 fully saturated rings. The van der Waals surface area contributed by atoms with Crippen LogP contribution in [-0.4, -0.2) is 70.7 Å². The normalized spacial score (nSPS) is 18.2. The van der Waals surface area contributed by atoms with E-state index in [2.05, 4.69) is 26.3 Å². The second kappa shape index (κ2) is 9.39. The largest absolute Gasteiger partial charge is 0.465 e. The van der Waals surface area contributed by atoms with Crippen molar-refractivity contribution in [1.29, 1.82) is 0 Å². The number of carbonyl (C=O) groups is 2. The molecule has 39 heavy (non-hydrogen) atoms. The highest BCUT2D eigenvalue weighted by atomic mass is 16.4. The number of likely N-dealkylation sites (tertiary alicyclic amines) is 1. The van der Waals surface area contributed by atoms with Crippen molar-refractivity contribution in [3.63, 3.8) is 0 Å². The summed E-state index contributed by atoms with van der Waals surface area (Å²) in [6, 6.07) is 11.7. The van der Waals surface area contributed by atoms with Gasteiger partial charge in [0.05, 0.1) is 22.8 Å². The SMILES string of the molecule is Cn1c(-c2cc3cccnc3n2CC2CC2)nc2cc(C(=O)N3CCCC(N(C(=O)O)C(C)(C)C)C3)ccc21.